The summed E-state index contributed by atoms with van der Waals surface area (Å²) in [5.41, 5.74) is 1.29. The summed E-state index contributed by atoms with van der Waals surface area (Å²) >= 11 is 0. The van der Waals surface area contributed by atoms with Crippen LogP contribution in [0.1, 0.15) is 44.1 Å². The van der Waals surface area contributed by atoms with Gasteiger partial charge in [-0.25, -0.2) is 4.79 Å². The van der Waals surface area contributed by atoms with Crippen LogP contribution in [0.4, 0.5) is 4.79 Å². The zero-order valence-electron chi connectivity index (χ0n) is 16.1. The fraction of sp³-hybridized carbons (Fsp3) is 0.619. The maximum Gasteiger partial charge on any atom is 0.327 e. The number of carbonyl (C=O) groups is 2. The molecule has 0 saturated carbocycles. The van der Waals surface area contributed by atoms with Crippen LogP contribution in [0, 0.1) is 0 Å². The Kier molecular flexibility index (Phi) is 5.34. The highest BCUT2D eigenvalue weighted by Crippen LogP contribution is 2.29. The van der Waals surface area contributed by atoms with E-state index in [-0.39, 0.29) is 24.2 Å². The van der Waals surface area contributed by atoms with E-state index >= 15 is 0 Å². The maximum atomic E-state index is 12.3. The Bertz CT molecular complexity index is 686. The lowest BCUT2D eigenvalue weighted by Crippen LogP contribution is -2.39. The van der Waals surface area contributed by atoms with Gasteiger partial charge in [-0.05, 0) is 50.8 Å². The van der Waals surface area contributed by atoms with Crippen molar-refractivity contribution < 1.29 is 14.3 Å². The fourth-order valence-corrected chi connectivity index (χ4v) is 4.46. The van der Waals surface area contributed by atoms with Gasteiger partial charge in [0.15, 0.2) is 6.23 Å². The zero-order valence-corrected chi connectivity index (χ0v) is 16.1. The molecule has 2 unspecified atom stereocenters. The monoisotopic (exact) mass is 371 g/mol. The maximum absolute atomic E-state index is 12.3. The summed E-state index contributed by atoms with van der Waals surface area (Å²) < 4.78 is 6.13. The molecule has 0 bridgehead atoms. The number of fused-ring (bicyclic) bond motifs is 2. The smallest absolute Gasteiger partial charge is 0.327 e. The lowest BCUT2D eigenvalue weighted by atomic mass is 10.0. The van der Waals surface area contributed by atoms with Gasteiger partial charge in [0.2, 0.25) is 0 Å². The third kappa shape index (κ3) is 3.68. The van der Waals surface area contributed by atoms with Crippen LogP contribution in [-0.2, 0) is 11.2 Å². The molecular formula is C21H29N3O3. The minimum atomic E-state index is -0.171. The summed E-state index contributed by atoms with van der Waals surface area (Å²) in [6.07, 6.45) is 6.92. The van der Waals surface area contributed by atoms with Crippen LogP contribution in [0.15, 0.2) is 24.3 Å². The predicted octanol–water partition coefficient (Wildman–Crippen LogP) is 2.87. The van der Waals surface area contributed by atoms with Crippen molar-refractivity contribution in [1.82, 2.24) is 14.7 Å². The van der Waals surface area contributed by atoms with Crippen molar-refractivity contribution in [2.75, 3.05) is 26.7 Å². The molecule has 2 saturated heterocycles. The number of amides is 3. The van der Waals surface area contributed by atoms with E-state index in [1.54, 1.807) is 4.90 Å². The lowest BCUT2D eigenvalue weighted by Gasteiger charge is -2.33. The molecule has 146 valence electrons. The van der Waals surface area contributed by atoms with Gasteiger partial charge in [0, 0.05) is 26.1 Å². The van der Waals surface area contributed by atoms with Gasteiger partial charge in [-0.15, -0.1) is 0 Å². The molecule has 3 aliphatic rings. The number of ether oxygens (including phenoxy) is 1. The number of hydrogen-bond donors (Lipinski definition) is 0. The Labute approximate surface area is 161 Å². The molecular weight excluding hydrogens is 342 g/mol. The number of aryl methyl sites for hydroxylation is 1. The number of urea groups is 1. The molecule has 2 fully saturated rings. The van der Waals surface area contributed by atoms with Gasteiger partial charge in [-0.1, -0.05) is 24.6 Å². The van der Waals surface area contributed by atoms with E-state index in [2.05, 4.69) is 24.1 Å². The summed E-state index contributed by atoms with van der Waals surface area (Å²) in [4.78, 5) is 30.1. The number of hydrogen-bond acceptors (Lipinski definition) is 4. The Hall–Kier alpha value is -2.08. The molecule has 6 nitrogen and oxygen atoms in total. The van der Waals surface area contributed by atoms with Crippen molar-refractivity contribution in [3.05, 3.63) is 29.8 Å². The third-order valence-electron chi connectivity index (χ3n) is 6.06. The Balaban J connectivity index is 1.17. The van der Waals surface area contributed by atoms with Crippen LogP contribution in [0.2, 0.25) is 0 Å². The molecule has 6 heteroatoms. The van der Waals surface area contributed by atoms with Gasteiger partial charge in [0.25, 0.3) is 5.91 Å². The van der Waals surface area contributed by atoms with E-state index in [4.69, 9.17) is 4.74 Å². The number of para-hydroxylation sites is 1. The largest absolute Gasteiger partial charge is 0.475 e. The van der Waals surface area contributed by atoms with E-state index < -0.39 is 0 Å². The summed E-state index contributed by atoms with van der Waals surface area (Å²) in [5, 5.41) is 0. The molecule has 27 heavy (non-hydrogen) atoms. The number of nitrogens with zero attached hydrogens (tertiary/aromatic N) is 3. The van der Waals surface area contributed by atoms with Crippen molar-refractivity contribution in [3.63, 3.8) is 0 Å². The van der Waals surface area contributed by atoms with Gasteiger partial charge >= 0.3 is 6.03 Å². The highest BCUT2D eigenvalue weighted by atomic mass is 16.5. The quantitative estimate of drug-likeness (QED) is 0.546. The fourth-order valence-electron chi connectivity index (χ4n) is 4.46. The van der Waals surface area contributed by atoms with E-state index in [0.717, 1.165) is 63.8 Å². The van der Waals surface area contributed by atoms with Gasteiger partial charge in [0.05, 0.1) is 0 Å². The standard InChI is InChI=1S/C21H29N3O3/c1-22(19-12-11-16-8-3-4-10-18(16)27-19)13-5-2-6-14-24-20(25)17-9-7-15-23(17)21(24)26/h3-4,8,10,17,19H,2,5-7,9,11-15H2,1H3. The molecule has 3 aliphatic heterocycles. The van der Waals surface area contributed by atoms with E-state index in [0.29, 0.717) is 6.54 Å². The van der Waals surface area contributed by atoms with Gasteiger partial charge < -0.3 is 9.64 Å². The topological polar surface area (TPSA) is 53.1 Å². The van der Waals surface area contributed by atoms with E-state index in [9.17, 15) is 9.59 Å². The first kappa shape index (κ1) is 18.3. The van der Waals surface area contributed by atoms with Crippen molar-refractivity contribution in [1.29, 1.82) is 0 Å². The molecule has 2 atom stereocenters. The molecule has 3 amide bonds. The van der Waals surface area contributed by atoms with Crippen LogP contribution in [0.3, 0.4) is 0 Å². The summed E-state index contributed by atoms with van der Waals surface area (Å²) in [6.45, 7) is 2.26. The normalized spacial score (nSPS) is 24.4. The van der Waals surface area contributed by atoms with E-state index in [1.807, 2.05) is 12.1 Å². The summed E-state index contributed by atoms with van der Waals surface area (Å²) in [7, 11) is 2.11. The van der Waals surface area contributed by atoms with Crippen LogP contribution >= 0.6 is 0 Å². The number of benzene rings is 1. The third-order valence-corrected chi connectivity index (χ3v) is 6.06. The Morgan fingerprint density at radius 3 is 2.85 bits per heavy atom. The van der Waals surface area contributed by atoms with Gasteiger partial charge in [0.1, 0.15) is 11.8 Å². The molecule has 4 rings (SSSR count). The zero-order chi connectivity index (χ0) is 18.8. The Morgan fingerprint density at radius 2 is 2.00 bits per heavy atom. The van der Waals surface area contributed by atoms with Crippen molar-refractivity contribution in [3.8, 4) is 5.75 Å². The van der Waals surface area contributed by atoms with E-state index in [1.165, 1.54) is 10.5 Å². The SMILES string of the molecule is CN(CCCCCN1C(=O)C2CCCN2C1=O)C1CCc2ccccc2O1. The van der Waals surface area contributed by atoms with Gasteiger partial charge in [-0.3, -0.25) is 14.6 Å². The summed E-state index contributed by atoms with van der Waals surface area (Å²) in [5.74, 6) is 1.02. The van der Waals surface area contributed by atoms with Crippen molar-refractivity contribution in [2.24, 2.45) is 0 Å². The van der Waals surface area contributed by atoms with Gasteiger partial charge in [-0.2, -0.15) is 0 Å². The minimum absolute atomic E-state index is 0.0175. The van der Waals surface area contributed by atoms with Crippen molar-refractivity contribution >= 4 is 11.9 Å². The summed E-state index contributed by atoms with van der Waals surface area (Å²) in [6, 6.07) is 8.02. The highest BCUT2D eigenvalue weighted by Gasteiger charge is 2.46. The molecule has 0 radical (unpaired) electrons. The number of carbonyl (C=O) groups excluding carboxylic acids is 2. The number of imide groups is 1. The lowest BCUT2D eigenvalue weighted by molar-refractivity contribution is -0.128. The molecule has 0 aromatic heterocycles. The van der Waals surface area contributed by atoms with Crippen LogP contribution in [0.5, 0.6) is 5.75 Å². The molecule has 0 N–H and O–H groups in total. The molecule has 0 spiro atoms. The first-order chi connectivity index (χ1) is 13.1. The predicted molar refractivity (Wildman–Crippen MR) is 102 cm³/mol. The second-order valence-corrected chi connectivity index (χ2v) is 7.88. The molecule has 0 aliphatic carbocycles. The van der Waals surface area contributed by atoms with Crippen LogP contribution < -0.4 is 4.74 Å². The number of unbranched alkanes of at least 4 members (excludes halogenated alkanes) is 2. The number of rotatable bonds is 7. The first-order valence-corrected chi connectivity index (χ1v) is 10.2. The molecule has 1 aromatic carbocycles. The molecule has 1 aromatic rings. The van der Waals surface area contributed by atoms with Crippen LogP contribution in [-0.4, -0.2) is 65.6 Å². The average Bonchev–Trinajstić information content (AvgIpc) is 3.26. The highest BCUT2D eigenvalue weighted by molar-refractivity contribution is 6.04. The van der Waals surface area contributed by atoms with Crippen molar-refractivity contribution in [2.45, 2.75) is 57.2 Å². The molecule has 3 heterocycles. The first-order valence-electron chi connectivity index (χ1n) is 10.2. The minimum Gasteiger partial charge on any atom is -0.475 e. The second-order valence-electron chi connectivity index (χ2n) is 7.88. The Morgan fingerprint density at radius 1 is 1.15 bits per heavy atom. The average molecular weight is 371 g/mol. The second kappa shape index (κ2) is 7.89. The van der Waals surface area contributed by atoms with Crippen LogP contribution in [0.25, 0.3) is 0 Å².